The van der Waals surface area contributed by atoms with Crippen molar-refractivity contribution in [3.05, 3.63) is 81.8 Å². The maximum Gasteiger partial charge on any atom is 0.387 e. The number of aryl methyl sites for hydroxylation is 1. The van der Waals surface area contributed by atoms with E-state index in [0.717, 1.165) is 43.8 Å². The predicted octanol–water partition coefficient (Wildman–Crippen LogP) is 6.25. The number of methoxy groups -OCH3 is 1. The largest absolute Gasteiger partial charge is 0.473 e. The van der Waals surface area contributed by atoms with E-state index in [0.29, 0.717) is 17.9 Å². The molecule has 0 bridgehead atoms. The van der Waals surface area contributed by atoms with Gasteiger partial charge >= 0.3 is 12.6 Å². The topological polar surface area (TPSA) is 78.7 Å². The molecule has 5 rings (SSSR count). The van der Waals surface area contributed by atoms with Crippen LogP contribution in [0.1, 0.15) is 46.2 Å². The van der Waals surface area contributed by atoms with Crippen molar-refractivity contribution < 1.29 is 36.6 Å². The van der Waals surface area contributed by atoms with Crippen molar-refractivity contribution in [1.29, 1.82) is 0 Å². The number of carbonyl (C=O) groups excluding carboxylic acids is 1. The first-order valence-corrected chi connectivity index (χ1v) is 13.5. The summed E-state index contributed by atoms with van der Waals surface area (Å²) in [6.45, 7) is -1.52. The van der Waals surface area contributed by atoms with Gasteiger partial charge in [-0.05, 0) is 56.3 Å². The van der Waals surface area contributed by atoms with Gasteiger partial charge in [0.2, 0.25) is 5.88 Å². The number of benzene rings is 2. The van der Waals surface area contributed by atoms with E-state index in [1.54, 1.807) is 29.8 Å². The standard InChI is InChI=1S/C29H27ClF4N4O4/c1-37-23-10-17(28(39)40-2)11-24(42-29(33)34)27(23)36-25(37)14-38-8-6-16(7-9-38)22-4-3-5-26(35-22)41-15-19-20(31)12-18(30)13-21(19)32/h3-5,10-13,16,29H,6-9,14-15H2,1-2H3. The van der Waals surface area contributed by atoms with E-state index in [-0.39, 0.29) is 45.8 Å². The van der Waals surface area contributed by atoms with E-state index in [2.05, 4.69) is 19.6 Å². The second kappa shape index (κ2) is 12.5. The molecule has 3 heterocycles. The van der Waals surface area contributed by atoms with Crippen molar-refractivity contribution in [2.24, 2.45) is 7.05 Å². The number of fused-ring (bicyclic) bond motifs is 1. The van der Waals surface area contributed by atoms with E-state index in [4.69, 9.17) is 21.1 Å². The van der Waals surface area contributed by atoms with Gasteiger partial charge in [-0.2, -0.15) is 8.78 Å². The van der Waals surface area contributed by atoms with Gasteiger partial charge in [0.15, 0.2) is 5.75 Å². The summed E-state index contributed by atoms with van der Waals surface area (Å²) < 4.78 is 71.1. The quantitative estimate of drug-likeness (QED) is 0.165. The van der Waals surface area contributed by atoms with Crippen LogP contribution in [-0.4, -0.2) is 52.2 Å². The fourth-order valence-corrected chi connectivity index (χ4v) is 5.24. The van der Waals surface area contributed by atoms with E-state index < -0.39 is 24.2 Å². The summed E-state index contributed by atoms with van der Waals surface area (Å²) in [6, 6.07) is 10.1. The van der Waals surface area contributed by atoms with Crippen molar-refractivity contribution in [1.82, 2.24) is 19.4 Å². The number of pyridine rings is 1. The van der Waals surface area contributed by atoms with Crippen molar-refractivity contribution >= 4 is 28.6 Å². The lowest BCUT2D eigenvalue weighted by Crippen LogP contribution is -2.33. The Bertz CT molecular complexity index is 1590. The van der Waals surface area contributed by atoms with Gasteiger partial charge in [0.1, 0.15) is 29.6 Å². The van der Waals surface area contributed by atoms with Crippen LogP contribution in [-0.2, 0) is 24.9 Å². The summed E-state index contributed by atoms with van der Waals surface area (Å²) in [5, 5.41) is -0.0328. The highest BCUT2D eigenvalue weighted by atomic mass is 35.5. The Labute approximate surface area is 243 Å². The highest BCUT2D eigenvalue weighted by Gasteiger charge is 2.25. The summed E-state index contributed by atoms with van der Waals surface area (Å²) in [7, 11) is 2.96. The molecule has 0 saturated carbocycles. The second-order valence-electron chi connectivity index (χ2n) is 9.89. The molecule has 1 aliphatic heterocycles. The average Bonchev–Trinajstić information content (AvgIpc) is 3.27. The van der Waals surface area contributed by atoms with Gasteiger partial charge in [-0.15, -0.1) is 0 Å². The van der Waals surface area contributed by atoms with Gasteiger partial charge in [0.25, 0.3) is 0 Å². The molecular formula is C29H27ClF4N4O4. The average molecular weight is 607 g/mol. The lowest BCUT2D eigenvalue weighted by Gasteiger charge is -2.31. The maximum atomic E-state index is 14.1. The molecule has 1 fully saturated rings. The molecular weight excluding hydrogens is 580 g/mol. The lowest BCUT2D eigenvalue weighted by atomic mass is 9.93. The fourth-order valence-electron chi connectivity index (χ4n) is 5.05. The maximum absolute atomic E-state index is 14.1. The third-order valence-electron chi connectivity index (χ3n) is 7.27. The Morgan fingerprint density at radius 3 is 2.48 bits per heavy atom. The first-order chi connectivity index (χ1) is 20.1. The van der Waals surface area contributed by atoms with Crippen LogP contribution in [0, 0.1) is 11.6 Å². The summed E-state index contributed by atoms with van der Waals surface area (Å²) in [5.74, 6) is -1.41. The van der Waals surface area contributed by atoms with Crippen LogP contribution >= 0.6 is 11.6 Å². The van der Waals surface area contributed by atoms with Crippen molar-refractivity contribution in [3.8, 4) is 11.6 Å². The third kappa shape index (κ3) is 6.44. The van der Waals surface area contributed by atoms with E-state index in [1.807, 2.05) is 6.07 Å². The number of halogens is 5. The summed E-state index contributed by atoms with van der Waals surface area (Å²) in [5.41, 5.74) is 1.37. The van der Waals surface area contributed by atoms with Crippen LogP contribution in [0.2, 0.25) is 5.02 Å². The molecule has 222 valence electrons. The smallest absolute Gasteiger partial charge is 0.387 e. The number of nitrogens with zero attached hydrogens (tertiary/aromatic N) is 4. The molecule has 0 amide bonds. The molecule has 1 saturated heterocycles. The number of likely N-dealkylation sites (tertiary alicyclic amines) is 1. The van der Waals surface area contributed by atoms with Gasteiger partial charge in [0.05, 0.1) is 30.3 Å². The SMILES string of the molecule is COC(=O)c1cc(OC(F)F)c2nc(CN3CCC(c4cccc(OCc5c(F)cc(Cl)cc5F)n4)CC3)n(C)c2c1. The minimum Gasteiger partial charge on any atom is -0.473 e. The van der Waals surface area contributed by atoms with Gasteiger partial charge in [-0.1, -0.05) is 17.7 Å². The monoisotopic (exact) mass is 606 g/mol. The number of ether oxygens (including phenoxy) is 3. The number of piperidine rings is 1. The zero-order valence-electron chi connectivity index (χ0n) is 22.8. The number of aromatic nitrogens is 3. The minimum absolute atomic E-state index is 0.0328. The van der Waals surface area contributed by atoms with Crippen LogP contribution in [0.3, 0.4) is 0 Å². The van der Waals surface area contributed by atoms with E-state index in [9.17, 15) is 22.4 Å². The summed E-state index contributed by atoms with van der Waals surface area (Å²) in [4.78, 5) is 23.4. The first kappa shape index (κ1) is 29.6. The molecule has 0 atom stereocenters. The van der Waals surface area contributed by atoms with E-state index in [1.165, 1.54) is 13.2 Å². The molecule has 0 radical (unpaired) electrons. The minimum atomic E-state index is -3.08. The molecule has 1 aliphatic rings. The Hall–Kier alpha value is -3.90. The number of rotatable bonds is 9. The molecule has 0 spiro atoms. The van der Waals surface area contributed by atoms with Crippen LogP contribution < -0.4 is 9.47 Å². The van der Waals surface area contributed by atoms with E-state index >= 15 is 0 Å². The molecule has 2 aromatic carbocycles. The molecule has 2 aromatic heterocycles. The first-order valence-electron chi connectivity index (χ1n) is 13.1. The Morgan fingerprint density at radius 2 is 1.81 bits per heavy atom. The number of esters is 1. The number of carbonyl (C=O) groups is 1. The molecule has 0 unspecified atom stereocenters. The predicted molar refractivity (Wildman–Crippen MR) is 146 cm³/mol. The van der Waals surface area contributed by atoms with Gasteiger partial charge in [-0.25, -0.2) is 23.5 Å². The highest BCUT2D eigenvalue weighted by Crippen LogP contribution is 2.32. The van der Waals surface area contributed by atoms with Crippen molar-refractivity contribution in [2.45, 2.75) is 38.5 Å². The van der Waals surface area contributed by atoms with Crippen LogP contribution in [0.5, 0.6) is 11.6 Å². The Balaban J connectivity index is 1.25. The van der Waals surface area contributed by atoms with Gasteiger partial charge in [-0.3, -0.25) is 4.90 Å². The normalized spacial score (nSPS) is 14.5. The number of imidazole rings is 1. The second-order valence-corrected chi connectivity index (χ2v) is 10.3. The zero-order valence-corrected chi connectivity index (χ0v) is 23.5. The molecule has 4 aromatic rings. The molecule has 42 heavy (non-hydrogen) atoms. The van der Waals surface area contributed by atoms with Crippen molar-refractivity contribution in [3.63, 3.8) is 0 Å². The van der Waals surface area contributed by atoms with Crippen LogP contribution in [0.4, 0.5) is 17.6 Å². The van der Waals surface area contributed by atoms with Crippen molar-refractivity contribution in [2.75, 3.05) is 20.2 Å². The van der Waals surface area contributed by atoms with Gasteiger partial charge in [0, 0.05) is 29.7 Å². The number of alkyl halides is 2. The highest BCUT2D eigenvalue weighted by molar-refractivity contribution is 6.30. The van der Waals surface area contributed by atoms with Gasteiger partial charge < -0.3 is 18.8 Å². The lowest BCUT2D eigenvalue weighted by molar-refractivity contribution is -0.0489. The number of hydrogen-bond acceptors (Lipinski definition) is 7. The molecule has 8 nitrogen and oxygen atoms in total. The zero-order chi connectivity index (χ0) is 30.0. The third-order valence-corrected chi connectivity index (χ3v) is 7.49. The van der Waals surface area contributed by atoms with Crippen LogP contribution in [0.15, 0.2) is 42.5 Å². The molecule has 13 heteroatoms. The molecule has 0 N–H and O–H groups in total. The fraction of sp³-hybridized carbons (Fsp3) is 0.345. The Morgan fingerprint density at radius 1 is 1.10 bits per heavy atom. The molecule has 0 aliphatic carbocycles. The summed E-state index contributed by atoms with van der Waals surface area (Å²) in [6.07, 6.45) is 1.57. The number of hydrogen-bond donors (Lipinski definition) is 0. The Kier molecular flexibility index (Phi) is 8.83. The summed E-state index contributed by atoms with van der Waals surface area (Å²) >= 11 is 5.68. The van der Waals surface area contributed by atoms with Crippen LogP contribution in [0.25, 0.3) is 11.0 Å².